The number of pyridine rings is 1. The van der Waals surface area contributed by atoms with Gasteiger partial charge < -0.3 is 15.5 Å². The summed E-state index contributed by atoms with van der Waals surface area (Å²) < 4.78 is 0. The third kappa shape index (κ3) is 4.97. The van der Waals surface area contributed by atoms with Gasteiger partial charge in [0, 0.05) is 36.7 Å². The molecule has 0 spiro atoms. The van der Waals surface area contributed by atoms with Crippen molar-refractivity contribution in [1.29, 1.82) is 0 Å². The second-order valence-corrected chi connectivity index (χ2v) is 6.51. The van der Waals surface area contributed by atoms with Gasteiger partial charge in [0.05, 0.1) is 5.56 Å². The minimum absolute atomic E-state index is 0.147. The molecule has 0 bridgehead atoms. The zero-order chi connectivity index (χ0) is 19.1. The molecule has 0 aliphatic heterocycles. The number of anilines is 3. The van der Waals surface area contributed by atoms with Crippen LogP contribution in [0.3, 0.4) is 0 Å². The topological polar surface area (TPSA) is 57.3 Å². The number of amides is 1. The Kier molecular flexibility index (Phi) is 7.01. The Hall–Kier alpha value is -2.56. The standard InChI is InChI=1S/C21H30N4O/c1-6-16(5)23-20-12-9-17(14-22-20)21(26)24-19-11-10-18(13-15(19)4)25(7-2)8-3/h9-14,16H,6-8H2,1-5H3,(H,22,23)(H,24,26). The summed E-state index contributed by atoms with van der Waals surface area (Å²) in [5.74, 6) is 0.641. The van der Waals surface area contributed by atoms with E-state index in [-0.39, 0.29) is 5.91 Å². The van der Waals surface area contributed by atoms with Crippen LogP contribution in [0.1, 0.15) is 50.0 Å². The summed E-state index contributed by atoms with van der Waals surface area (Å²) in [7, 11) is 0. The monoisotopic (exact) mass is 354 g/mol. The molecule has 1 unspecified atom stereocenters. The Morgan fingerprint density at radius 1 is 1.15 bits per heavy atom. The lowest BCUT2D eigenvalue weighted by atomic mass is 10.1. The quantitative estimate of drug-likeness (QED) is 0.721. The van der Waals surface area contributed by atoms with Crippen molar-refractivity contribution in [2.24, 2.45) is 0 Å². The number of rotatable bonds is 8. The van der Waals surface area contributed by atoms with E-state index in [0.29, 0.717) is 11.6 Å². The van der Waals surface area contributed by atoms with Crippen LogP contribution in [0.15, 0.2) is 36.5 Å². The molecule has 0 radical (unpaired) electrons. The third-order valence-electron chi connectivity index (χ3n) is 4.62. The van der Waals surface area contributed by atoms with E-state index in [1.54, 1.807) is 12.3 Å². The highest BCUT2D eigenvalue weighted by molar-refractivity contribution is 6.04. The number of carbonyl (C=O) groups is 1. The normalized spacial score (nSPS) is 11.7. The first-order valence-corrected chi connectivity index (χ1v) is 9.37. The fraction of sp³-hybridized carbons (Fsp3) is 0.429. The Bertz CT molecular complexity index is 723. The molecule has 1 aromatic heterocycles. The Balaban J connectivity index is 2.07. The molecule has 1 atom stereocenters. The first-order valence-electron chi connectivity index (χ1n) is 9.37. The lowest BCUT2D eigenvalue weighted by molar-refractivity contribution is 0.102. The van der Waals surface area contributed by atoms with Gasteiger partial charge in [0.2, 0.25) is 0 Å². The number of nitrogens with zero attached hydrogens (tertiary/aromatic N) is 2. The molecule has 1 aromatic carbocycles. The number of hydrogen-bond acceptors (Lipinski definition) is 4. The molecule has 140 valence electrons. The van der Waals surface area contributed by atoms with Gasteiger partial charge in [0.25, 0.3) is 5.91 Å². The molecule has 5 heteroatoms. The van der Waals surface area contributed by atoms with E-state index in [2.05, 4.69) is 54.3 Å². The average molecular weight is 354 g/mol. The fourth-order valence-electron chi connectivity index (χ4n) is 2.74. The molecule has 5 nitrogen and oxygen atoms in total. The van der Waals surface area contributed by atoms with E-state index in [0.717, 1.165) is 36.6 Å². The van der Waals surface area contributed by atoms with E-state index in [1.807, 2.05) is 25.1 Å². The van der Waals surface area contributed by atoms with Crippen LogP contribution in [0.5, 0.6) is 0 Å². The second-order valence-electron chi connectivity index (χ2n) is 6.51. The van der Waals surface area contributed by atoms with Crippen molar-refractivity contribution in [2.75, 3.05) is 28.6 Å². The molecule has 1 amide bonds. The van der Waals surface area contributed by atoms with Crippen molar-refractivity contribution in [2.45, 2.75) is 47.1 Å². The smallest absolute Gasteiger partial charge is 0.257 e. The first kappa shape index (κ1) is 19.8. The summed E-state index contributed by atoms with van der Waals surface area (Å²) in [6.45, 7) is 12.4. The molecule has 26 heavy (non-hydrogen) atoms. The minimum atomic E-state index is -0.147. The summed E-state index contributed by atoms with van der Waals surface area (Å²) >= 11 is 0. The Morgan fingerprint density at radius 2 is 1.88 bits per heavy atom. The van der Waals surface area contributed by atoms with Gasteiger partial charge in [-0.25, -0.2) is 4.98 Å². The highest BCUT2D eigenvalue weighted by atomic mass is 16.1. The maximum absolute atomic E-state index is 12.5. The highest BCUT2D eigenvalue weighted by Gasteiger charge is 2.10. The summed E-state index contributed by atoms with van der Waals surface area (Å²) in [6.07, 6.45) is 2.63. The van der Waals surface area contributed by atoms with Gasteiger partial charge in [-0.2, -0.15) is 0 Å². The summed E-state index contributed by atoms with van der Waals surface area (Å²) in [6, 6.07) is 10.1. The lowest BCUT2D eigenvalue weighted by Gasteiger charge is -2.22. The number of hydrogen-bond donors (Lipinski definition) is 2. The van der Waals surface area contributed by atoms with Gasteiger partial charge in [-0.3, -0.25) is 4.79 Å². The number of aromatic nitrogens is 1. The molecule has 2 aromatic rings. The van der Waals surface area contributed by atoms with Crippen molar-refractivity contribution < 1.29 is 4.79 Å². The molecule has 2 N–H and O–H groups in total. The van der Waals surface area contributed by atoms with Gasteiger partial charge in [-0.05, 0) is 70.0 Å². The van der Waals surface area contributed by atoms with Crippen molar-refractivity contribution in [3.8, 4) is 0 Å². The number of carbonyl (C=O) groups excluding carboxylic acids is 1. The minimum Gasteiger partial charge on any atom is -0.372 e. The van der Waals surface area contributed by atoms with E-state index in [9.17, 15) is 4.79 Å². The molecule has 0 aliphatic rings. The number of nitrogens with one attached hydrogen (secondary N) is 2. The summed E-state index contributed by atoms with van der Waals surface area (Å²) in [5, 5.41) is 6.28. The number of benzene rings is 1. The van der Waals surface area contributed by atoms with E-state index in [4.69, 9.17) is 0 Å². The van der Waals surface area contributed by atoms with Crippen molar-refractivity contribution in [1.82, 2.24) is 4.98 Å². The van der Waals surface area contributed by atoms with Crippen LogP contribution in [0, 0.1) is 6.92 Å². The van der Waals surface area contributed by atoms with Crippen molar-refractivity contribution >= 4 is 23.1 Å². The SMILES string of the molecule is CCC(C)Nc1ccc(C(=O)Nc2ccc(N(CC)CC)cc2C)cn1. The predicted octanol–water partition coefficient (Wildman–Crippen LogP) is 4.70. The van der Waals surface area contributed by atoms with Gasteiger partial charge in [0.15, 0.2) is 0 Å². The summed E-state index contributed by atoms with van der Waals surface area (Å²) in [5.41, 5.74) is 3.60. The highest BCUT2D eigenvalue weighted by Crippen LogP contribution is 2.23. The second kappa shape index (κ2) is 9.22. The fourth-order valence-corrected chi connectivity index (χ4v) is 2.74. The van der Waals surface area contributed by atoms with Crippen LogP contribution in [0.2, 0.25) is 0 Å². The molecular weight excluding hydrogens is 324 g/mol. The Morgan fingerprint density at radius 3 is 2.42 bits per heavy atom. The van der Waals surface area contributed by atoms with E-state index < -0.39 is 0 Å². The van der Waals surface area contributed by atoms with Crippen molar-refractivity contribution in [3.63, 3.8) is 0 Å². The van der Waals surface area contributed by atoms with Crippen LogP contribution in [0.25, 0.3) is 0 Å². The van der Waals surface area contributed by atoms with Gasteiger partial charge in [-0.1, -0.05) is 6.92 Å². The zero-order valence-corrected chi connectivity index (χ0v) is 16.5. The Labute approximate surface area is 156 Å². The van der Waals surface area contributed by atoms with Crippen LogP contribution in [-0.2, 0) is 0 Å². The molecule has 2 rings (SSSR count). The van der Waals surface area contributed by atoms with Gasteiger partial charge in [-0.15, -0.1) is 0 Å². The molecule has 0 saturated heterocycles. The molecule has 0 saturated carbocycles. The van der Waals surface area contributed by atoms with E-state index >= 15 is 0 Å². The zero-order valence-electron chi connectivity index (χ0n) is 16.5. The van der Waals surface area contributed by atoms with Crippen LogP contribution in [-0.4, -0.2) is 30.0 Å². The average Bonchev–Trinajstić information content (AvgIpc) is 2.65. The van der Waals surface area contributed by atoms with Gasteiger partial charge >= 0.3 is 0 Å². The van der Waals surface area contributed by atoms with Gasteiger partial charge in [0.1, 0.15) is 5.82 Å². The molecular formula is C21H30N4O. The predicted molar refractivity (Wildman–Crippen MR) is 110 cm³/mol. The molecule has 0 fully saturated rings. The lowest BCUT2D eigenvalue weighted by Crippen LogP contribution is -2.22. The molecule has 1 heterocycles. The molecule has 0 aliphatic carbocycles. The summed E-state index contributed by atoms with van der Waals surface area (Å²) in [4.78, 5) is 19.1. The largest absolute Gasteiger partial charge is 0.372 e. The van der Waals surface area contributed by atoms with Crippen molar-refractivity contribution in [3.05, 3.63) is 47.7 Å². The van der Waals surface area contributed by atoms with Crippen LogP contribution in [0.4, 0.5) is 17.2 Å². The van der Waals surface area contributed by atoms with E-state index in [1.165, 1.54) is 5.69 Å². The number of aryl methyl sites for hydroxylation is 1. The van der Waals surface area contributed by atoms with Crippen LogP contribution >= 0.6 is 0 Å². The van der Waals surface area contributed by atoms with Crippen LogP contribution < -0.4 is 15.5 Å². The third-order valence-corrected chi connectivity index (χ3v) is 4.62. The maximum atomic E-state index is 12.5. The maximum Gasteiger partial charge on any atom is 0.257 e. The first-order chi connectivity index (χ1) is 12.5.